The van der Waals surface area contributed by atoms with Crippen LogP contribution in [0.25, 0.3) is 10.9 Å². The molecule has 33 heavy (non-hydrogen) atoms. The monoisotopic (exact) mass is 477 g/mol. The van der Waals surface area contributed by atoms with Crippen LogP contribution in [-0.4, -0.2) is 35.4 Å². The van der Waals surface area contributed by atoms with Gasteiger partial charge in [-0.05, 0) is 91.5 Å². The van der Waals surface area contributed by atoms with Crippen molar-refractivity contribution in [2.24, 2.45) is 0 Å². The van der Waals surface area contributed by atoms with Gasteiger partial charge in [0.2, 0.25) is 0 Å². The van der Waals surface area contributed by atoms with Gasteiger partial charge in [-0.2, -0.15) is 11.3 Å². The first-order chi connectivity index (χ1) is 16.1. The maximum Gasteiger partial charge on any atom is 0.256 e. The van der Waals surface area contributed by atoms with Crippen LogP contribution in [0.5, 0.6) is 0 Å². The molecule has 0 saturated carbocycles. The van der Waals surface area contributed by atoms with Gasteiger partial charge < -0.3 is 15.2 Å². The van der Waals surface area contributed by atoms with E-state index in [-0.39, 0.29) is 5.91 Å². The minimum Gasteiger partial charge on any atom is -0.360 e. The molecule has 1 aliphatic rings. The number of aryl methyl sites for hydroxylation is 1. The van der Waals surface area contributed by atoms with Gasteiger partial charge in [0.25, 0.3) is 5.91 Å². The molecule has 0 radical (unpaired) electrons. The third-order valence-electron chi connectivity index (χ3n) is 6.81. The normalized spacial score (nSPS) is 15.2. The molecule has 4 nitrogen and oxygen atoms in total. The molecule has 1 fully saturated rings. The van der Waals surface area contributed by atoms with Gasteiger partial charge in [-0.15, -0.1) is 0 Å². The largest absolute Gasteiger partial charge is 0.360 e. The number of hydrogen-bond acceptors (Lipinski definition) is 3. The highest BCUT2D eigenvalue weighted by Crippen LogP contribution is 2.35. The molecule has 4 aromatic rings. The molecule has 170 valence electrons. The van der Waals surface area contributed by atoms with E-state index < -0.39 is 0 Å². The van der Waals surface area contributed by atoms with E-state index in [1.807, 2.05) is 35.0 Å². The number of benzene rings is 2. The predicted molar refractivity (Wildman–Crippen MR) is 139 cm³/mol. The number of rotatable bonds is 6. The molecule has 0 bridgehead atoms. The molecule has 2 aromatic carbocycles. The first-order valence-electron chi connectivity index (χ1n) is 11.5. The number of carbonyl (C=O) groups is 1. The Morgan fingerprint density at radius 1 is 1.21 bits per heavy atom. The van der Waals surface area contributed by atoms with Crippen LogP contribution in [-0.2, 0) is 6.42 Å². The van der Waals surface area contributed by atoms with E-state index >= 15 is 0 Å². The topological polar surface area (TPSA) is 48.1 Å². The van der Waals surface area contributed by atoms with E-state index in [1.165, 1.54) is 33.4 Å². The molecule has 0 aliphatic carbocycles. The Bertz CT molecular complexity index is 1260. The van der Waals surface area contributed by atoms with Crippen molar-refractivity contribution >= 4 is 45.4 Å². The summed E-state index contributed by atoms with van der Waals surface area (Å²) >= 11 is 7.88. The van der Waals surface area contributed by atoms with E-state index in [9.17, 15) is 4.79 Å². The Labute approximate surface area is 203 Å². The van der Waals surface area contributed by atoms with Gasteiger partial charge >= 0.3 is 0 Å². The second kappa shape index (κ2) is 9.72. The van der Waals surface area contributed by atoms with E-state index in [2.05, 4.69) is 46.5 Å². The quantitative estimate of drug-likeness (QED) is 0.318. The third-order valence-corrected chi connectivity index (χ3v) is 7.81. The number of aromatic nitrogens is 1. The summed E-state index contributed by atoms with van der Waals surface area (Å²) < 4.78 is 0. The lowest BCUT2D eigenvalue weighted by Gasteiger charge is -2.32. The Morgan fingerprint density at radius 2 is 2.06 bits per heavy atom. The van der Waals surface area contributed by atoms with Crippen LogP contribution >= 0.6 is 22.9 Å². The summed E-state index contributed by atoms with van der Waals surface area (Å²) in [4.78, 5) is 18.3. The average molecular weight is 478 g/mol. The van der Waals surface area contributed by atoms with Gasteiger partial charge in [-0.3, -0.25) is 4.79 Å². The van der Waals surface area contributed by atoms with Gasteiger partial charge in [-0.1, -0.05) is 29.8 Å². The summed E-state index contributed by atoms with van der Waals surface area (Å²) in [6.07, 6.45) is 5.46. The molecule has 0 spiro atoms. The molecule has 1 amide bonds. The SMILES string of the molecule is Cc1ccc(NC(=O)c2ccsc2)cc1CCN1CCC(c2c[nH]c3c(Cl)cccc23)CC1. The van der Waals surface area contributed by atoms with Crippen LogP contribution in [0.4, 0.5) is 5.69 Å². The van der Waals surface area contributed by atoms with E-state index in [1.54, 1.807) is 0 Å². The lowest BCUT2D eigenvalue weighted by Crippen LogP contribution is -2.34. The zero-order chi connectivity index (χ0) is 22.8. The van der Waals surface area contributed by atoms with Crippen molar-refractivity contribution in [2.75, 3.05) is 25.0 Å². The Hall–Kier alpha value is -2.60. The fourth-order valence-corrected chi connectivity index (χ4v) is 5.70. The summed E-state index contributed by atoms with van der Waals surface area (Å²) in [5.74, 6) is 0.526. The maximum absolute atomic E-state index is 12.4. The van der Waals surface area contributed by atoms with Crippen LogP contribution in [0.1, 0.15) is 45.8 Å². The van der Waals surface area contributed by atoms with E-state index in [0.717, 1.165) is 55.1 Å². The number of amides is 1. The highest BCUT2D eigenvalue weighted by atomic mass is 35.5. The number of para-hydroxylation sites is 1. The average Bonchev–Trinajstić information content (AvgIpc) is 3.51. The first kappa shape index (κ1) is 22.2. The van der Waals surface area contributed by atoms with Gasteiger partial charge in [0.1, 0.15) is 0 Å². The molecule has 1 saturated heterocycles. The van der Waals surface area contributed by atoms with E-state index in [4.69, 9.17) is 11.6 Å². The Balaban J connectivity index is 1.18. The Kier molecular flexibility index (Phi) is 6.54. The van der Waals surface area contributed by atoms with Crippen molar-refractivity contribution in [3.05, 3.63) is 86.7 Å². The molecule has 0 atom stereocenters. The fourth-order valence-electron chi connectivity index (χ4n) is 4.84. The van der Waals surface area contributed by atoms with Crippen LogP contribution < -0.4 is 5.32 Å². The Morgan fingerprint density at radius 3 is 2.85 bits per heavy atom. The lowest BCUT2D eigenvalue weighted by molar-refractivity contribution is 0.102. The number of piperidine rings is 1. The number of halogens is 1. The molecule has 6 heteroatoms. The molecular formula is C27H28ClN3OS. The van der Waals surface area contributed by atoms with Crippen molar-refractivity contribution in [1.82, 2.24) is 9.88 Å². The van der Waals surface area contributed by atoms with Gasteiger partial charge in [-0.25, -0.2) is 0 Å². The summed E-state index contributed by atoms with van der Waals surface area (Å²) in [5.41, 5.74) is 6.60. The van der Waals surface area contributed by atoms with E-state index in [0.29, 0.717) is 11.5 Å². The van der Waals surface area contributed by atoms with Crippen molar-refractivity contribution < 1.29 is 4.79 Å². The van der Waals surface area contributed by atoms with Crippen molar-refractivity contribution in [1.29, 1.82) is 0 Å². The first-order valence-corrected chi connectivity index (χ1v) is 12.8. The van der Waals surface area contributed by atoms with Crippen molar-refractivity contribution in [3.63, 3.8) is 0 Å². The molecule has 1 aliphatic heterocycles. The van der Waals surface area contributed by atoms with Crippen LogP contribution in [0, 0.1) is 6.92 Å². The molecule has 2 aromatic heterocycles. The fraction of sp³-hybridized carbons (Fsp3) is 0.296. The summed E-state index contributed by atoms with van der Waals surface area (Å²) in [7, 11) is 0. The number of nitrogens with one attached hydrogen (secondary N) is 2. The minimum atomic E-state index is -0.0494. The number of anilines is 1. The van der Waals surface area contributed by atoms with Crippen LogP contribution in [0.15, 0.2) is 59.4 Å². The van der Waals surface area contributed by atoms with Crippen LogP contribution in [0.3, 0.4) is 0 Å². The number of nitrogens with zero attached hydrogens (tertiary/aromatic N) is 1. The standard InChI is InChI=1S/C27H28ClN3OS/c1-18-5-6-22(30-27(32)21-10-14-33-17-21)15-20(18)9-13-31-11-7-19(8-12-31)24-16-29-26-23(24)3-2-4-25(26)28/h2-6,10,14-17,19,29H,7-9,11-13H2,1H3,(H,30,32). The van der Waals surface area contributed by atoms with Gasteiger partial charge in [0.15, 0.2) is 0 Å². The molecule has 3 heterocycles. The highest BCUT2D eigenvalue weighted by Gasteiger charge is 2.23. The highest BCUT2D eigenvalue weighted by molar-refractivity contribution is 7.08. The number of fused-ring (bicyclic) bond motifs is 1. The summed E-state index contributed by atoms with van der Waals surface area (Å²) in [5, 5.41) is 8.88. The summed E-state index contributed by atoms with van der Waals surface area (Å²) in [6, 6.07) is 14.2. The number of hydrogen-bond donors (Lipinski definition) is 2. The number of thiophene rings is 1. The smallest absolute Gasteiger partial charge is 0.256 e. The number of H-pyrrole nitrogens is 1. The van der Waals surface area contributed by atoms with Gasteiger partial charge in [0.05, 0.1) is 16.1 Å². The lowest BCUT2D eigenvalue weighted by atomic mass is 9.89. The summed E-state index contributed by atoms with van der Waals surface area (Å²) in [6.45, 7) is 5.39. The minimum absolute atomic E-state index is 0.0494. The number of carbonyl (C=O) groups excluding carboxylic acids is 1. The molecule has 2 N–H and O–H groups in total. The third kappa shape index (κ3) is 4.86. The number of aromatic amines is 1. The second-order valence-corrected chi connectivity index (χ2v) is 10.1. The maximum atomic E-state index is 12.4. The number of likely N-dealkylation sites (tertiary alicyclic amines) is 1. The molecule has 5 rings (SSSR count). The molecular weight excluding hydrogens is 450 g/mol. The molecule has 0 unspecified atom stereocenters. The predicted octanol–water partition coefficient (Wildman–Crippen LogP) is 6.87. The second-order valence-electron chi connectivity index (χ2n) is 8.88. The van der Waals surface area contributed by atoms with Crippen molar-refractivity contribution in [2.45, 2.75) is 32.1 Å². The zero-order valence-electron chi connectivity index (χ0n) is 18.7. The van der Waals surface area contributed by atoms with Crippen LogP contribution in [0.2, 0.25) is 5.02 Å². The van der Waals surface area contributed by atoms with Crippen molar-refractivity contribution in [3.8, 4) is 0 Å². The van der Waals surface area contributed by atoms with Gasteiger partial charge in [0, 0.05) is 29.2 Å². The zero-order valence-corrected chi connectivity index (χ0v) is 20.3.